The minimum Gasteiger partial charge on any atom is -0.478 e. The molecule has 214 valence electrons. The highest BCUT2D eigenvalue weighted by Crippen LogP contribution is 2.46. The largest absolute Gasteiger partial charge is 0.478 e. The molecule has 3 amide bonds. The summed E-state index contributed by atoms with van der Waals surface area (Å²) in [6, 6.07) is 15.3. The molecule has 2 aromatic carbocycles. The monoisotopic (exact) mass is 549 g/mol. The zero-order valence-corrected chi connectivity index (χ0v) is 23.3. The first-order valence-electron chi connectivity index (χ1n) is 13.9. The second-order valence-electron chi connectivity index (χ2n) is 11.9. The predicted molar refractivity (Wildman–Crippen MR) is 150 cm³/mol. The van der Waals surface area contributed by atoms with Crippen molar-refractivity contribution in [3.8, 4) is 0 Å². The minimum atomic E-state index is -1.05. The van der Waals surface area contributed by atoms with Gasteiger partial charge in [-0.3, -0.25) is 9.59 Å². The molecule has 9 heteroatoms. The molecule has 0 aromatic heterocycles. The number of carboxylic acids is 1. The number of benzene rings is 2. The van der Waals surface area contributed by atoms with E-state index in [1.54, 1.807) is 29.2 Å². The molecule has 0 spiro atoms. The second kappa shape index (κ2) is 12.1. The highest BCUT2D eigenvalue weighted by molar-refractivity contribution is 5.92. The van der Waals surface area contributed by atoms with Crippen molar-refractivity contribution in [2.45, 2.75) is 69.9 Å². The van der Waals surface area contributed by atoms with Gasteiger partial charge in [0, 0.05) is 30.8 Å². The highest BCUT2D eigenvalue weighted by Gasteiger charge is 2.50. The fourth-order valence-corrected chi connectivity index (χ4v) is 6.20. The van der Waals surface area contributed by atoms with E-state index in [2.05, 4.69) is 5.32 Å². The van der Waals surface area contributed by atoms with Crippen molar-refractivity contribution in [1.82, 2.24) is 10.2 Å². The van der Waals surface area contributed by atoms with E-state index in [-0.39, 0.29) is 29.9 Å². The molecular formula is C31H39N3O6. The highest BCUT2D eigenvalue weighted by atomic mass is 16.6. The van der Waals surface area contributed by atoms with Crippen LogP contribution in [0.25, 0.3) is 0 Å². The van der Waals surface area contributed by atoms with Crippen LogP contribution in [0.1, 0.15) is 79.8 Å². The van der Waals surface area contributed by atoms with E-state index in [1.807, 2.05) is 51.1 Å². The molecule has 4 rings (SSSR count). The van der Waals surface area contributed by atoms with Crippen molar-refractivity contribution in [2.75, 3.05) is 13.1 Å². The molecule has 0 radical (unpaired) electrons. The van der Waals surface area contributed by atoms with Gasteiger partial charge in [-0.2, -0.15) is 0 Å². The summed E-state index contributed by atoms with van der Waals surface area (Å²) in [5.74, 6) is -2.71. The van der Waals surface area contributed by atoms with Crippen LogP contribution in [0.5, 0.6) is 0 Å². The quantitative estimate of drug-likeness (QED) is 0.471. The number of carbonyl (C=O) groups excluding carboxylic acids is 3. The van der Waals surface area contributed by atoms with Gasteiger partial charge in [-0.05, 0) is 69.6 Å². The third kappa shape index (κ3) is 6.63. The van der Waals surface area contributed by atoms with Crippen LogP contribution in [0.4, 0.5) is 4.79 Å². The maximum Gasteiger partial charge on any atom is 0.407 e. The summed E-state index contributed by atoms with van der Waals surface area (Å²) in [6.45, 7) is 6.13. The first-order valence-corrected chi connectivity index (χ1v) is 13.9. The molecule has 1 saturated carbocycles. The lowest BCUT2D eigenvalue weighted by atomic mass is 9.78. The van der Waals surface area contributed by atoms with Gasteiger partial charge in [0.25, 0.3) is 0 Å². The molecule has 40 heavy (non-hydrogen) atoms. The number of nitrogens with zero attached hydrogens (tertiary/aromatic N) is 1. The Morgan fingerprint density at radius 3 is 2.20 bits per heavy atom. The number of nitrogens with two attached hydrogens (primary N) is 1. The summed E-state index contributed by atoms with van der Waals surface area (Å²) in [5.41, 5.74) is 6.96. The van der Waals surface area contributed by atoms with Crippen LogP contribution < -0.4 is 11.1 Å². The summed E-state index contributed by atoms with van der Waals surface area (Å²) in [7, 11) is 0. The molecule has 2 aromatic rings. The summed E-state index contributed by atoms with van der Waals surface area (Å²) in [5, 5.41) is 12.7. The first kappa shape index (κ1) is 29.1. The number of rotatable bonds is 7. The van der Waals surface area contributed by atoms with E-state index in [4.69, 9.17) is 10.5 Å². The van der Waals surface area contributed by atoms with Crippen LogP contribution in [0.3, 0.4) is 0 Å². The molecular weight excluding hydrogens is 510 g/mol. The van der Waals surface area contributed by atoms with Crippen molar-refractivity contribution < 1.29 is 29.0 Å². The summed E-state index contributed by atoms with van der Waals surface area (Å²) in [4.78, 5) is 52.6. The number of amides is 3. The average Bonchev–Trinajstić information content (AvgIpc) is 3.32. The Bertz CT molecular complexity index is 1230. The number of hydrogen-bond donors (Lipinski definition) is 3. The van der Waals surface area contributed by atoms with Crippen LogP contribution in [0, 0.1) is 11.8 Å². The molecule has 2 fully saturated rings. The number of likely N-dealkylation sites (tertiary alicyclic amines) is 1. The van der Waals surface area contributed by atoms with Gasteiger partial charge in [-0.15, -0.1) is 0 Å². The topological polar surface area (TPSA) is 139 Å². The fraction of sp³-hybridized carbons (Fsp3) is 0.484. The third-order valence-corrected chi connectivity index (χ3v) is 7.98. The summed E-state index contributed by atoms with van der Waals surface area (Å²) >= 11 is 0. The number of carbonyl (C=O) groups is 4. The van der Waals surface area contributed by atoms with E-state index in [1.165, 1.54) is 0 Å². The van der Waals surface area contributed by atoms with Gasteiger partial charge in [-0.25, -0.2) is 9.59 Å². The van der Waals surface area contributed by atoms with E-state index < -0.39 is 41.4 Å². The van der Waals surface area contributed by atoms with Crippen LogP contribution >= 0.6 is 0 Å². The molecule has 1 heterocycles. The van der Waals surface area contributed by atoms with Gasteiger partial charge >= 0.3 is 12.1 Å². The molecule has 1 unspecified atom stereocenters. The maximum absolute atomic E-state index is 13.9. The lowest BCUT2D eigenvalue weighted by Crippen LogP contribution is -2.48. The second-order valence-corrected chi connectivity index (χ2v) is 11.9. The number of nitrogens with one attached hydrogen (secondary N) is 1. The average molecular weight is 550 g/mol. The van der Waals surface area contributed by atoms with E-state index in [0.29, 0.717) is 24.9 Å². The van der Waals surface area contributed by atoms with Crippen molar-refractivity contribution in [1.29, 1.82) is 0 Å². The van der Waals surface area contributed by atoms with E-state index >= 15 is 0 Å². The number of alkyl carbamates (subject to hydrolysis) is 1. The molecule has 3 atom stereocenters. The Hall–Kier alpha value is -3.88. The SMILES string of the molecule is CC(C)(C)OC(=O)NCC1CCC(C(=O)N2CC(c3ccccc3C(=O)O)[C@@H](c3ccccc3)[C@H]2C(N)=O)CC1. The van der Waals surface area contributed by atoms with Crippen molar-refractivity contribution in [2.24, 2.45) is 17.6 Å². The van der Waals surface area contributed by atoms with Gasteiger partial charge in [0.15, 0.2) is 0 Å². The zero-order chi connectivity index (χ0) is 29.0. The molecule has 1 saturated heterocycles. The smallest absolute Gasteiger partial charge is 0.407 e. The van der Waals surface area contributed by atoms with Gasteiger partial charge in [-0.1, -0.05) is 48.5 Å². The lowest BCUT2D eigenvalue weighted by molar-refractivity contribution is -0.142. The number of hydrogen-bond acceptors (Lipinski definition) is 5. The van der Waals surface area contributed by atoms with Gasteiger partial charge in [0.2, 0.25) is 11.8 Å². The Balaban J connectivity index is 1.53. The zero-order valence-electron chi connectivity index (χ0n) is 23.3. The van der Waals surface area contributed by atoms with Crippen molar-refractivity contribution >= 4 is 23.9 Å². The molecule has 1 aliphatic heterocycles. The number of ether oxygens (including phenoxy) is 1. The van der Waals surface area contributed by atoms with Crippen molar-refractivity contribution in [3.05, 3.63) is 71.3 Å². The van der Waals surface area contributed by atoms with E-state index in [0.717, 1.165) is 18.4 Å². The first-order chi connectivity index (χ1) is 19.0. The lowest BCUT2D eigenvalue weighted by Gasteiger charge is -2.33. The number of aromatic carboxylic acids is 1. The van der Waals surface area contributed by atoms with Crippen molar-refractivity contribution in [3.63, 3.8) is 0 Å². The molecule has 1 aliphatic carbocycles. The molecule has 9 nitrogen and oxygen atoms in total. The maximum atomic E-state index is 13.9. The fourth-order valence-electron chi connectivity index (χ4n) is 6.20. The van der Waals surface area contributed by atoms with Gasteiger partial charge in [0.05, 0.1) is 5.56 Å². The summed E-state index contributed by atoms with van der Waals surface area (Å²) < 4.78 is 5.31. The third-order valence-electron chi connectivity index (χ3n) is 7.98. The van der Waals surface area contributed by atoms with Crippen LogP contribution in [0.15, 0.2) is 54.6 Å². The standard InChI is InChI=1S/C31H39N3O6/c1-31(2,3)40-30(39)33-17-19-13-15-21(16-14-19)28(36)34-18-24(22-11-7-8-12-23(22)29(37)38)25(26(34)27(32)35)20-9-5-4-6-10-20/h4-12,19,21,24-26H,13-18H2,1-3H3,(H2,32,35)(H,33,39)(H,37,38)/t19?,21?,24?,25-,26+/m1/s1. The van der Waals surface area contributed by atoms with E-state index in [9.17, 15) is 24.3 Å². The van der Waals surface area contributed by atoms with Crippen LogP contribution in [0.2, 0.25) is 0 Å². The Labute approximate surface area is 235 Å². The Kier molecular flexibility index (Phi) is 8.81. The molecule has 2 aliphatic rings. The Morgan fingerprint density at radius 2 is 1.60 bits per heavy atom. The molecule has 4 N–H and O–H groups in total. The predicted octanol–water partition coefficient (Wildman–Crippen LogP) is 4.28. The van der Waals surface area contributed by atoms with Crippen LogP contribution in [-0.2, 0) is 14.3 Å². The van der Waals surface area contributed by atoms with Crippen LogP contribution in [-0.4, -0.2) is 58.6 Å². The minimum absolute atomic E-state index is 0.126. The Morgan fingerprint density at radius 1 is 0.975 bits per heavy atom. The number of primary amides is 1. The van der Waals surface area contributed by atoms with Gasteiger partial charge < -0.3 is 25.8 Å². The number of carboxylic acid groups (broad SMARTS) is 1. The normalized spacial score (nSPS) is 24.8. The molecule has 0 bridgehead atoms. The summed E-state index contributed by atoms with van der Waals surface area (Å²) in [6.07, 6.45) is 2.33. The van der Waals surface area contributed by atoms with Gasteiger partial charge in [0.1, 0.15) is 11.6 Å².